The van der Waals surface area contributed by atoms with Gasteiger partial charge in [0.2, 0.25) is 0 Å². The normalized spacial score (nSPS) is 11.0. The third-order valence-corrected chi connectivity index (χ3v) is 2.01. The Bertz CT molecular complexity index is 608. The summed E-state index contributed by atoms with van der Waals surface area (Å²) in [5.74, 6) is 0.683. The summed E-state index contributed by atoms with van der Waals surface area (Å²) in [4.78, 5) is 0. The lowest BCUT2D eigenvalue weighted by Crippen LogP contribution is -2.03. The highest BCUT2D eigenvalue weighted by atomic mass is 15.6. The summed E-state index contributed by atoms with van der Waals surface area (Å²) in [7, 11) is 0. The summed E-state index contributed by atoms with van der Waals surface area (Å²) < 4.78 is 3.04. The van der Waals surface area contributed by atoms with E-state index in [0.717, 1.165) is 5.69 Å². The van der Waals surface area contributed by atoms with Crippen LogP contribution in [0.1, 0.15) is 5.69 Å². The van der Waals surface area contributed by atoms with Crippen LogP contribution in [0.5, 0.6) is 0 Å². The lowest BCUT2D eigenvalue weighted by molar-refractivity contribution is 0.700. The molecule has 0 saturated heterocycles. The Balaban J connectivity index is 2.18. The molecule has 0 radical (unpaired) electrons. The van der Waals surface area contributed by atoms with Gasteiger partial charge in [-0.25, -0.2) is 4.68 Å². The number of nitrogens with zero attached hydrogens (tertiary/aromatic N) is 7. The van der Waals surface area contributed by atoms with Crippen molar-refractivity contribution >= 4 is 5.65 Å². The molecule has 0 aliphatic heterocycles. The zero-order valence-electron chi connectivity index (χ0n) is 7.94. The Morgan fingerprint density at radius 1 is 1.13 bits per heavy atom. The monoisotopic (exact) mass is 201 g/mol. The molecule has 7 heteroatoms. The average molecular weight is 201 g/mol. The minimum absolute atomic E-state index is 0.614. The quantitative estimate of drug-likeness (QED) is 0.554. The fraction of sp³-hybridized carbons (Fsp3) is 0.125. The Morgan fingerprint density at radius 2 is 2.07 bits per heavy atom. The molecule has 0 saturated carbocycles. The van der Waals surface area contributed by atoms with Gasteiger partial charge in [0.25, 0.3) is 0 Å². The smallest absolute Gasteiger partial charge is 0.200 e. The number of fused-ring (bicyclic) bond motifs is 1. The van der Waals surface area contributed by atoms with Crippen LogP contribution < -0.4 is 0 Å². The van der Waals surface area contributed by atoms with Crippen LogP contribution in [0.2, 0.25) is 0 Å². The van der Waals surface area contributed by atoms with Gasteiger partial charge in [-0.1, -0.05) is 0 Å². The third-order valence-electron chi connectivity index (χ3n) is 2.01. The van der Waals surface area contributed by atoms with Crippen molar-refractivity contribution in [1.29, 1.82) is 0 Å². The van der Waals surface area contributed by atoms with E-state index < -0.39 is 0 Å². The second-order valence-electron chi connectivity index (χ2n) is 3.12. The predicted octanol–water partition coefficient (Wildman–Crippen LogP) is 0.0134. The van der Waals surface area contributed by atoms with E-state index in [1.54, 1.807) is 10.7 Å². The molecule has 3 aromatic heterocycles. The predicted molar refractivity (Wildman–Crippen MR) is 50.4 cm³/mol. The fourth-order valence-corrected chi connectivity index (χ4v) is 1.31. The van der Waals surface area contributed by atoms with Gasteiger partial charge in [0.1, 0.15) is 0 Å². The highest BCUT2D eigenvalue weighted by Gasteiger charge is 2.03. The molecule has 3 rings (SSSR count). The van der Waals surface area contributed by atoms with Gasteiger partial charge in [0, 0.05) is 6.20 Å². The number of rotatable bonds is 1. The van der Waals surface area contributed by atoms with Crippen molar-refractivity contribution in [1.82, 2.24) is 35.0 Å². The van der Waals surface area contributed by atoms with Crippen LogP contribution in [0.4, 0.5) is 0 Å². The van der Waals surface area contributed by atoms with E-state index in [1.807, 2.05) is 25.3 Å². The van der Waals surface area contributed by atoms with E-state index in [-0.39, 0.29) is 0 Å². The molecule has 0 aliphatic rings. The molecule has 0 amide bonds. The second-order valence-corrected chi connectivity index (χ2v) is 3.12. The van der Waals surface area contributed by atoms with Gasteiger partial charge in [-0.2, -0.15) is 5.10 Å². The van der Waals surface area contributed by atoms with Crippen LogP contribution in [0, 0.1) is 6.92 Å². The van der Waals surface area contributed by atoms with Crippen molar-refractivity contribution in [2.45, 2.75) is 6.92 Å². The lowest BCUT2D eigenvalue weighted by atomic mass is 10.5. The van der Waals surface area contributed by atoms with Crippen LogP contribution in [0.3, 0.4) is 0 Å². The maximum Gasteiger partial charge on any atom is 0.200 e. The van der Waals surface area contributed by atoms with Crippen LogP contribution in [0.25, 0.3) is 11.5 Å². The maximum absolute atomic E-state index is 4.24. The van der Waals surface area contributed by atoms with Crippen LogP contribution in [-0.2, 0) is 0 Å². The van der Waals surface area contributed by atoms with Crippen molar-refractivity contribution < 1.29 is 0 Å². The third kappa shape index (κ3) is 1.25. The SMILES string of the molecule is Cc1ccn(-c2ccc3nnnn3n2)n1. The first-order valence-corrected chi connectivity index (χ1v) is 4.41. The van der Waals surface area contributed by atoms with Gasteiger partial charge in [-0.15, -0.1) is 14.8 Å². The van der Waals surface area contributed by atoms with Gasteiger partial charge >= 0.3 is 0 Å². The molecule has 0 atom stereocenters. The van der Waals surface area contributed by atoms with E-state index in [0.29, 0.717) is 11.5 Å². The number of tetrazole rings is 1. The van der Waals surface area contributed by atoms with Crippen LogP contribution >= 0.6 is 0 Å². The largest absolute Gasteiger partial charge is 0.221 e. The Kier molecular flexibility index (Phi) is 1.52. The summed E-state index contributed by atoms with van der Waals surface area (Å²) in [6.45, 7) is 1.92. The Morgan fingerprint density at radius 3 is 2.87 bits per heavy atom. The van der Waals surface area contributed by atoms with E-state index in [1.165, 1.54) is 4.63 Å². The van der Waals surface area contributed by atoms with Crippen LogP contribution in [-0.4, -0.2) is 35.0 Å². The molecule has 74 valence electrons. The lowest BCUT2D eigenvalue weighted by Gasteiger charge is -1.98. The first-order valence-electron chi connectivity index (χ1n) is 4.41. The maximum atomic E-state index is 4.24. The molecule has 3 aromatic rings. The molecule has 7 nitrogen and oxygen atoms in total. The fourth-order valence-electron chi connectivity index (χ4n) is 1.31. The number of hydrogen-bond donors (Lipinski definition) is 0. The topological polar surface area (TPSA) is 73.8 Å². The minimum Gasteiger partial charge on any atom is -0.221 e. The van der Waals surface area contributed by atoms with Gasteiger partial charge in [-0.05, 0) is 35.5 Å². The summed E-state index contributed by atoms with van der Waals surface area (Å²) >= 11 is 0. The Hall–Kier alpha value is -2.31. The molecule has 0 aliphatic carbocycles. The molecule has 0 spiro atoms. The summed E-state index contributed by atoms with van der Waals surface area (Å²) in [5.41, 5.74) is 1.55. The Labute approximate surface area is 84.3 Å². The van der Waals surface area contributed by atoms with Crippen molar-refractivity contribution in [2.24, 2.45) is 0 Å². The van der Waals surface area contributed by atoms with Crippen molar-refractivity contribution in [2.75, 3.05) is 0 Å². The molecular formula is C8H7N7. The molecule has 3 heterocycles. The first-order chi connectivity index (χ1) is 7.33. The van der Waals surface area contributed by atoms with E-state index in [9.17, 15) is 0 Å². The summed E-state index contributed by atoms with van der Waals surface area (Å²) in [5, 5.41) is 19.4. The van der Waals surface area contributed by atoms with E-state index in [2.05, 4.69) is 25.7 Å². The molecule has 15 heavy (non-hydrogen) atoms. The van der Waals surface area contributed by atoms with E-state index >= 15 is 0 Å². The average Bonchev–Trinajstić information content (AvgIpc) is 2.84. The highest BCUT2D eigenvalue weighted by molar-refractivity contribution is 5.36. The number of aryl methyl sites for hydroxylation is 1. The first kappa shape index (κ1) is 8.04. The zero-order valence-corrected chi connectivity index (χ0v) is 7.94. The molecule has 0 N–H and O–H groups in total. The number of aromatic nitrogens is 7. The second kappa shape index (κ2) is 2.84. The molecule has 0 aromatic carbocycles. The van der Waals surface area contributed by atoms with Gasteiger partial charge in [0.05, 0.1) is 5.69 Å². The van der Waals surface area contributed by atoms with Crippen molar-refractivity contribution in [3.63, 3.8) is 0 Å². The van der Waals surface area contributed by atoms with Crippen LogP contribution in [0.15, 0.2) is 24.4 Å². The minimum atomic E-state index is 0.614. The summed E-state index contributed by atoms with van der Waals surface area (Å²) in [6.07, 6.45) is 1.84. The molecular weight excluding hydrogens is 194 g/mol. The van der Waals surface area contributed by atoms with E-state index in [4.69, 9.17) is 0 Å². The molecule has 0 bridgehead atoms. The zero-order chi connectivity index (χ0) is 10.3. The number of hydrogen-bond acceptors (Lipinski definition) is 5. The summed E-state index contributed by atoms with van der Waals surface area (Å²) in [6, 6.07) is 5.52. The van der Waals surface area contributed by atoms with Gasteiger partial charge in [-0.3, -0.25) is 0 Å². The highest BCUT2D eigenvalue weighted by Crippen LogP contribution is 2.04. The van der Waals surface area contributed by atoms with Crippen molar-refractivity contribution in [3.05, 3.63) is 30.1 Å². The van der Waals surface area contributed by atoms with Gasteiger partial charge in [0.15, 0.2) is 11.5 Å². The molecule has 0 unspecified atom stereocenters. The molecule has 0 fully saturated rings. The van der Waals surface area contributed by atoms with Gasteiger partial charge < -0.3 is 0 Å². The van der Waals surface area contributed by atoms with Crippen molar-refractivity contribution in [3.8, 4) is 5.82 Å². The standard InChI is InChI=1S/C8H7N7/c1-6-4-5-14(10-6)8-3-2-7-9-12-13-15(7)11-8/h2-5H,1H3.